The van der Waals surface area contributed by atoms with Crippen LogP contribution in [0.5, 0.6) is 0 Å². The Balaban J connectivity index is 2.44. The van der Waals surface area contributed by atoms with E-state index in [1.165, 1.54) is 51.4 Å². The topological polar surface area (TPSA) is 24.9 Å². The molecule has 1 atom stereocenters. The van der Waals surface area contributed by atoms with E-state index in [1.807, 2.05) is 12.3 Å². The molecule has 0 fully saturated rings. The van der Waals surface area contributed by atoms with Crippen LogP contribution in [0.1, 0.15) is 83.9 Å². The molecule has 1 N–H and O–H groups in total. The standard InChI is InChI=1S/C18H32N2/c1-4-6-8-12-17(13-9-7-5-2)20-16(3)18-14-10-11-15-19-18/h10-11,14-17,20H,4-9,12-13H2,1-3H3/t16-/m0/s1. The molecule has 0 saturated carbocycles. The molecule has 0 unspecified atom stereocenters. The molecule has 0 aromatic carbocycles. The predicted molar refractivity (Wildman–Crippen MR) is 87.9 cm³/mol. The van der Waals surface area contributed by atoms with Crippen LogP contribution in [0.4, 0.5) is 0 Å². The van der Waals surface area contributed by atoms with Crippen LogP contribution in [0.2, 0.25) is 0 Å². The van der Waals surface area contributed by atoms with Crippen molar-refractivity contribution in [2.24, 2.45) is 0 Å². The van der Waals surface area contributed by atoms with Gasteiger partial charge in [-0.15, -0.1) is 0 Å². The molecule has 0 spiro atoms. The Morgan fingerprint density at radius 1 is 1.00 bits per heavy atom. The average Bonchev–Trinajstić information content (AvgIpc) is 2.48. The molecule has 2 heteroatoms. The van der Waals surface area contributed by atoms with Gasteiger partial charge in [-0.1, -0.05) is 58.4 Å². The molecular formula is C18H32N2. The Labute approximate surface area is 125 Å². The Hall–Kier alpha value is -0.890. The van der Waals surface area contributed by atoms with E-state index < -0.39 is 0 Å². The summed E-state index contributed by atoms with van der Waals surface area (Å²) in [6.07, 6.45) is 12.5. The van der Waals surface area contributed by atoms with E-state index in [2.05, 4.69) is 43.2 Å². The quantitative estimate of drug-likeness (QED) is 0.557. The van der Waals surface area contributed by atoms with E-state index in [9.17, 15) is 0 Å². The van der Waals surface area contributed by atoms with Crippen LogP contribution in [0.3, 0.4) is 0 Å². The van der Waals surface area contributed by atoms with E-state index in [-0.39, 0.29) is 0 Å². The molecule has 0 radical (unpaired) electrons. The van der Waals surface area contributed by atoms with Crippen molar-refractivity contribution in [2.45, 2.75) is 84.2 Å². The molecule has 1 rings (SSSR count). The largest absolute Gasteiger partial charge is 0.306 e. The molecule has 114 valence electrons. The van der Waals surface area contributed by atoms with Crippen LogP contribution in [0, 0.1) is 0 Å². The van der Waals surface area contributed by atoms with Crippen LogP contribution in [-0.4, -0.2) is 11.0 Å². The lowest BCUT2D eigenvalue weighted by atomic mass is 10.0. The first-order chi connectivity index (χ1) is 9.77. The van der Waals surface area contributed by atoms with E-state index in [1.54, 1.807) is 0 Å². The fraction of sp³-hybridized carbons (Fsp3) is 0.722. The van der Waals surface area contributed by atoms with Gasteiger partial charge in [0.2, 0.25) is 0 Å². The highest BCUT2D eigenvalue weighted by Crippen LogP contribution is 2.16. The van der Waals surface area contributed by atoms with Crippen molar-refractivity contribution in [3.8, 4) is 0 Å². The Kier molecular flexibility index (Phi) is 9.31. The maximum Gasteiger partial charge on any atom is 0.0570 e. The van der Waals surface area contributed by atoms with Crippen LogP contribution in [0.15, 0.2) is 24.4 Å². The molecule has 0 aliphatic heterocycles. The number of unbranched alkanes of at least 4 members (excludes halogenated alkanes) is 4. The molecule has 2 nitrogen and oxygen atoms in total. The van der Waals surface area contributed by atoms with Crippen molar-refractivity contribution in [3.05, 3.63) is 30.1 Å². The van der Waals surface area contributed by atoms with E-state index in [4.69, 9.17) is 0 Å². The van der Waals surface area contributed by atoms with E-state index in [0.29, 0.717) is 12.1 Å². The highest BCUT2D eigenvalue weighted by molar-refractivity contribution is 5.07. The summed E-state index contributed by atoms with van der Waals surface area (Å²) in [5.41, 5.74) is 1.16. The summed E-state index contributed by atoms with van der Waals surface area (Å²) in [5.74, 6) is 0. The Morgan fingerprint density at radius 2 is 1.65 bits per heavy atom. The number of rotatable bonds is 11. The van der Waals surface area contributed by atoms with Gasteiger partial charge in [-0.05, 0) is 31.9 Å². The normalized spacial score (nSPS) is 12.8. The van der Waals surface area contributed by atoms with Gasteiger partial charge in [-0.2, -0.15) is 0 Å². The summed E-state index contributed by atoms with van der Waals surface area (Å²) < 4.78 is 0. The Morgan fingerprint density at radius 3 is 2.15 bits per heavy atom. The van der Waals surface area contributed by atoms with Gasteiger partial charge < -0.3 is 5.32 Å². The third-order valence-electron chi connectivity index (χ3n) is 3.93. The van der Waals surface area contributed by atoms with E-state index >= 15 is 0 Å². The molecule has 0 aliphatic carbocycles. The van der Waals surface area contributed by atoms with Gasteiger partial charge in [0.1, 0.15) is 0 Å². The van der Waals surface area contributed by atoms with Crippen LogP contribution >= 0.6 is 0 Å². The number of aromatic nitrogens is 1. The van der Waals surface area contributed by atoms with Gasteiger partial charge in [-0.25, -0.2) is 0 Å². The Bertz CT molecular complexity index is 313. The van der Waals surface area contributed by atoms with Gasteiger partial charge in [0.15, 0.2) is 0 Å². The summed E-state index contributed by atoms with van der Waals surface area (Å²) in [7, 11) is 0. The van der Waals surface area contributed by atoms with Crippen LogP contribution in [-0.2, 0) is 0 Å². The number of nitrogens with one attached hydrogen (secondary N) is 1. The van der Waals surface area contributed by atoms with Crippen LogP contribution < -0.4 is 5.32 Å². The number of hydrogen-bond acceptors (Lipinski definition) is 2. The van der Waals surface area contributed by atoms with Crippen molar-refractivity contribution in [2.75, 3.05) is 0 Å². The smallest absolute Gasteiger partial charge is 0.0570 e. The molecule has 0 saturated heterocycles. The monoisotopic (exact) mass is 276 g/mol. The molecule has 20 heavy (non-hydrogen) atoms. The zero-order chi connectivity index (χ0) is 14.6. The highest BCUT2D eigenvalue weighted by atomic mass is 15.0. The third-order valence-corrected chi connectivity index (χ3v) is 3.93. The maximum atomic E-state index is 4.46. The van der Waals surface area contributed by atoms with Crippen molar-refractivity contribution >= 4 is 0 Å². The SMILES string of the molecule is CCCCCC(CCCCC)N[C@@H](C)c1ccccn1. The van der Waals surface area contributed by atoms with E-state index in [0.717, 1.165) is 5.69 Å². The molecule has 0 aliphatic rings. The molecule has 0 amide bonds. The summed E-state index contributed by atoms with van der Waals surface area (Å²) >= 11 is 0. The fourth-order valence-corrected chi connectivity index (χ4v) is 2.66. The first-order valence-corrected chi connectivity index (χ1v) is 8.44. The summed E-state index contributed by atoms with van der Waals surface area (Å²) in [6, 6.07) is 7.17. The highest BCUT2D eigenvalue weighted by Gasteiger charge is 2.13. The van der Waals surface area contributed by atoms with Crippen molar-refractivity contribution < 1.29 is 0 Å². The second kappa shape index (κ2) is 10.8. The fourth-order valence-electron chi connectivity index (χ4n) is 2.66. The minimum absolute atomic E-state index is 0.351. The lowest BCUT2D eigenvalue weighted by Crippen LogP contribution is -2.32. The average molecular weight is 276 g/mol. The molecule has 0 bridgehead atoms. The lowest BCUT2D eigenvalue weighted by molar-refractivity contribution is 0.381. The molecule has 1 aromatic heterocycles. The summed E-state index contributed by atoms with van der Waals surface area (Å²) in [4.78, 5) is 4.46. The predicted octanol–water partition coefficient (Wildman–Crippen LogP) is 5.26. The number of hydrogen-bond donors (Lipinski definition) is 1. The molecule has 1 heterocycles. The molecule has 1 aromatic rings. The zero-order valence-electron chi connectivity index (χ0n) is 13.6. The first kappa shape index (κ1) is 17.2. The van der Waals surface area contributed by atoms with Gasteiger partial charge in [0.05, 0.1) is 5.69 Å². The van der Waals surface area contributed by atoms with Crippen molar-refractivity contribution in [3.63, 3.8) is 0 Å². The molecular weight excluding hydrogens is 244 g/mol. The van der Waals surface area contributed by atoms with Crippen molar-refractivity contribution in [1.29, 1.82) is 0 Å². The maximum absolute atomic E-state index is 4.46. The minimum atomic E-state index is 0.351. The number of nitrogens with zero attached hydrogens (tertiary/aromatic N) is 1. The third kappa shape index (κ3) is 7.04. The lowest BCUT2D eigenvalue weighted by Gasteiger charge is -2.23. The second-order valence-corrected chi connectivity index (χ2v) is 5.83. The van der Waals surface area contributed by atoms with Gasteiger partial charge in [-0.3, -0.25) is 4.98 Å². The second-order valence-electron chi connectivity index (χ2n) is 5.83. The number of pyridine rings is 1. The first-order valence-electron chi connectivity index (χ1n) is 8.44. The van der Waals surface area contributed by atoms with Gasteiger partial charge >= 0.3 is 0 Å². The zero-order valence-corrected chi connectivity index (χ0v) is 13.6. The van der Waals surface area contributed by atoms with Crippen molar-refractivity contribution in [1.82, 2.24) is 10.3 Å². The van der Waals surface area contributed by atoms with Gasteiger partial charge in [0, 0.05) is 18.3 Å². The summed E-state index contributed by atoms with van der Waals surface area (Å²) in [6.45, 7) is 6.78. The van der Waals surface area contributed by atoms with Gasteiger partial charge in [0.25, 0.3) is 0 Å². The van der Waals surface area contributed by atoms with Crippen LogP contribution in [0.25, 0.3) is 0 Å². The minimum Gasteiger partial charge on any atom is -0.306 e. The summed E-state index contributed by atoms with van der Waals surface area (Å²) in [5, 5.41) is 3.79.